The standard InChI is InChI=1S/C12H8N2.2C5H5N.Ru/c1-3-9-5-6-11-10(4-2-7-13-11)12(9)14-8-1;2*1-2-4-6-5-3-1;/h1-8H;2*1-5H;. The van der Waals surface area contributed by atoms with Gasteiger partial charge in [-0.25, -0.2) is 0 Å². The molecule has 0 unspecified atom stereocenters. The van der Waals surface area contributed by atoms with Gasteiger partial charge >= 0.3 is 0 Å². The third kappa shape index (κ3) is 6.32. The number of hydrogen-bond donors (Lipinski definition) is 0. The van der Waals surface area contributed by atoms with E-state index in [9.17, 15) is 0 Å². The van der Waals surface area contributed by atoms with E-state index in [0.29, 0.717) is 0 Å². The summed E-state index contributed by atoms with van der Waals surface area (Å²) in [6.45, 7) is 0. The van der Waals surface area contributed by atoms with E-state index in [4.69, 9.17) is 0 Å². The maximum Gasteiger partial charge on any atom is 0.0795 e. The molecule has 27 heavy (non-hydrogen) atoms. The van der Waals surface area contributed by atoms with E-state index in [1.807, 2.05) is 60.8 Å². The van der Waals surface area contributed by atoms with Crippen LogP contribution in [0.25, 0.3) is 21.8 Å². The van der Waals surface area contributed by atoms with Crippen LogP contribution in [-0.2, 0) is 19.5 Å². The van der Waals surface area contributed by atoms with Gasteiger partial charge in [0.25, 0.3) is 0 Å². The first-order valence-corrected chi connectivity index (χ1v) is 8.23. The molecule has 5 heteroatoms. The Bertz CT molecular complexity index is 901. The van der Waals surface area contributed by atoms with E-state index in [2.05, 4.69) is 38.1 Å². The largest absolute Gasteiger partial charge is 0.265 e. The van der Waals surface area contributed by atoms with Crippen LogP contribution in [0.4, 0.5) is 0 Å². The number of nitrogens with zero attached hydrogens (tertiary/aromatic N) is 4. The van der Waals surface area contributed by atoms with E-state index in [0.717, 1.165) is 21.8 Å². The van der Waals surface area contributed by atoms with Gasteiger partial charge in [-0.15, -0.1) is 0 Å². The van der Waals surface area contributed by atoms with Gasteiger partial charge in [0.2, 0.25) is 0 Å². The minimum absolute atomic E-state index is 0. The molecule has 0 bridgehead atoms. The van der Waals surface area contributed by atoms with Crippen molar-refractivity contribution in [2.45, 2.75) is 0 Å². The van der Waals surface area contributed by atoms with Crippen molar-refractivity contribution in [1.82, 2.24) is 19.9 Å². The summed E-state index contributed by atoms with van der Waals surface area (Å²) in [4.78, 5) is 16.2. The Morgan fingerprint density at radius 2 is 1.07 bits per heavy atom. The van der Waals surface area contributed by atoms with E-state index >= 15 is 0 Å². The molecule has 134 valence electrons. The second-order valence-corrected chi connectivity index (χ2v) is 5.26. The molecule has 0 atom stereocenters. The molecule has 0 aliphatic carbocycles. The van der Waals surface area contributed by atoms with Gasteiger partial charge in [-0.1, -0.05) is 24.3 Å². The molecule has 0 saturated carbocycles. The van der Waals surface area contributed by atoms with Gasteiger partial charge in [0.15, 0.2) is 0 Å². The fraction of sp³-hybridized carbons (Fsp3) is 0. The zero-order chi connectivity index (χ0) is 17.9. The van der Waals surface area contributed by atoms with Crippen LogP contribution < -0.4 is 0 Å². The summed E-state index contributed by atoms with van der Waals surface area (Å²) in [6.07, 6.45) is 10.6. The smallest absolute Gasteiger partial charge is 0.0795 e. The number of aromatic nitrogens is 4. The van der Waals surface area contributed by atoms with Gasteiger partial charge in [0.1, 0.15) is 0 Å². The summed E-state index contributed by atoms with van der Waals surface area (Å²) >= 11 is 0. The molecular weight excluding hydrogens is 421 g/mol. The molecule has 5 aromatic rings. The van der Waals surface area contributed by atoms with E-state index < -0.39 is 0 Å². The maximum absolute atomic E-state index is 4.37. The molecule has 0 amide bonds. The van der Waals surface area contributed by atoms with Crippen molar-refractivity contribution in [2.24, 2.45) is 0 Å². The van der Waals surface area contributed by atoms with Crippen LogP contribution in [0.1, 0.15) is 0 Å². The molecule has 4 aromatic heterocycles. The first-order chi connectivity index (χ1) is 12.9. The van der Waals surface area contributed by atoms with Crippen molar-refractivity contribution in [3.05, 3.63) is 110 Å². The second kappa shape index (κ2) is 11.6. The van der Waals surface area contributed by atoms with Gasteiger partial charge in [-0.2, -0.15) is 0 Å². The van der Waals surface area contributed by atoms with Gasteiger partial charge in [0.05, 0.1) is 11.0 Å². The van der Waals surface area contributed by atoms with Crippen LogP contribution in [0.15, 0.2) is 110 Å². The van der Waals surface area contributed by atoms with Crippen LogP contribution in [0.3, 0.4) is 0 Å². The van der Waals surface area contributed by atoms with Crippen molar-refractivity contribution in [3.63, 3.8) is 0 Å². The zero-order valence-corrected chi connectivity index (χ0v) is 16.3. The summed E-state index contributed by atoms with van der Waals surface area (Å²) in [5, 5.41) is 2.28. The summed E-state index contributed by atoms with van der Waals surface area (Å²) in [6, 6.07) is 23.5. The topological polar surface area (TPSA) is 51.6 Å². The first-order valence-electron chi connectivity index (χ1n) is 8.23. The first kappa shape index (κ1) is 20.3. The number of rotatable bonds is 0. The van der Waals surface area contributed by atoms with Crippen LogP contribution in [-0.4, -0.2) is 19.9 Å². The molecule has 0 spiro atoms. The third-order valence-corrected chi connectivity index (χ3v) is 3.49. The number of fused-ring (bicyclic) bond motifs is 3. The van der Waals surface area contributed by atoms with Crippen molar-refractivity contribution in [2.75, 3.05) is 0 Å². The van der Waals surface area contributed by atoms with E-state index in [1.165, 1.54) is 0 Å². The molecule has 0 N–H and O–H groups in total. The molecule has 4 nitrogen and oxygen atoms in total. The molecule has 0 aliphatic heterocycles. The average molecular weight is 439 g/mol. The molecule has 0 fully saturated rings. The Balaban J connectivity index is 0.000000168. The Morgan fingerprint density at radius 1 is 0.481 bits per heavy atom. The summed E-state index contributed by atoms with van der Waals surface area (Å²) < 4.78 is 0. The van der Waals surface area contributed by atoms with Gasteiger partial charge in [0, 0.05) is 67.4 Å². The SMILES string of the molecule is [Ru].c1ccncc1.c1ccncc1.c1cnc2c(c1)ccc1ncccc12. The Labute approximate surface area is 171 Å². The van der Waals surface area contributed by atoms with Crippen molar-refractivity contribution >= 4 is 21.8 Å². The predicted octanol–water partition coefficient (Wildman–Crippen LogP) is 4.94. The fourth-order valence-electron chi connectivity index (χ4n) is 2.32. The Hall–Kier alpha value is -3.04. The predicted molar refractivity (Wildman–Crippen MR) is 106 cm³/mol. The summed E-state index contributed by atoms with van der Waals surface area (Å²) in [5.41, 5.74) is 2.02. The fourth-order valence-corrected chi connectivity index (χ4v) is 2.32. The summed E-state index contributed by atoms with van der Waals surface area (Å²) in [5.74, 6) is 0. The van der Waals surface area contributed by atoms with Crippen LogP contribution in [0.5, 0.6) is 0 Å². The van der Waals surface area contributed by atoms with Crippen molar-refractivity contribution in [3.8, 4) is 0 Å². The minimum atomic E-state index is 0. The van der Waals surface area contributed by atoms with E-state index in [-0.39, 0.29) is 19.5 Å². The quantitative estimate of drug-likeness (QED) is 0.253. The van der Waals surface area contributed by atoms with Crippen LogP contribution >= 0.6 is 0 Å². The second-order valence-electron chi connectivity index (χ2n) is 5.26. The number of benzene rings is 1. The molecule has 5 rings (SSSR count). The van der Waals surface area contributed by atoms with Gasteiger partial charge in [-0.05, 0) is 48.5 Å². The molecule has 4 heterocycles. The molecule has 0 saturated heterocycles. The number of pyridine rings is 4. The minimum Gasteiger partial charge on any atom is -0.265 e. The van der Waals surface area contributed by atoms with Gasteiger partial charge in [-0.3, -0.25) is 19.9 Å². The Morgan fingerprint density at radius 3 is 1.63 bits per heavy atom. The molecule has 0 aliphatic rings. The van der Waals surface area contributed by atoms with E-state index in [1.54, 1.807) is 31.0 Å². The molecule has 0 radical (unpaired) electrons. The van der Waals surface area contributed by atoms with Crippen molar-refractivity contribution in [1.29, 1.82) is 0 Å². The summed E-state index contributed by atoms with van der Waals surface area (Å²) in [7, 11) is 0. The average Bonchev–Trinajstić information content (AvgIpc) is 2.77. The normalized spacial score (nSPS) is 9.19. The monoisotopic (exact) mass is 440 g/mol. The third-order valence-electron chi connectivity index (χ3n) is 3.49. The molecular formula is C22H18N4Ru. The van der Waals surface area contributed by atoms with Gasteiger partial charge < -0.3 is 0 Å². The zero-order valence-electron chi connectivity index (χ0n) is 14.5. The Kier molecular flexibility index (Phi) is 8.68. The van der Waals surface area contributed by atoms with Crippen LogP contribution in [0.2, 0.25) is 0 Å². The molecule has 1 aromatic carbocycles. The maximum atomic E-state index is 4.37. The van der Waals surface area contributed by atoms with Crippen LogP contribution in [0, 0.1) is 0 Å². The number of hydrogen-bond acceptors (Lipinski definition) is 4. The van der Waals surface area contributed by atoms with Crippen molar-refractivity contribution < 1.29 is 19.5 Å².